The molecular formula is C15H36N6. The summed E-state index contributed by atoms with van der Waals surface area (Å²) in [7, 11) is 0. The summed E-state index contributed by atoms with van der Waals surface area (Å²) in [6.07, 6.45) is 5.73. The van der Waals surface area contributed by atoms with E-state index >= 15 is 0 Å². The third-order valence-electron chi connectivity index (χ3n) is 3.46. The van der Waals surface area contributed by atoms with Crippen molar-refractivity contribution in [2.45, 2.75) is 66.7 Å². The van der Waals surface area contributed by atoms with Crippen LogP contribution in [-0.4, -0.2) is 58.3 Å². The highest BCUT2D eigenvalue weighted by molar-refractivity contribution is 4.61. The first-order chi connectivity index (χ1) is 10.2. The van der Waals surface area contributed by atoms with E-state index in [2.05, 4.69) is 65.7 Å². The van der Waals surface area contributed by atoms with Crippen molar-refractivity contribution in [1.82, 2.24) is 31.1 Å². The van der Waals surface area contributed by atoms with Gasteiger partial charge in [0.15, 0.2) is 0 Å². The molecule has 1 fully saturated rings. The first kappa shape index (κ1) is 18.8. The third kappa shape index (κ3) is 5.16. The van der Waals surface area contributed by atoms with Gasteiger partial charge in [-0.25, -0.2) is 0 Å². The zero-order valence-corrected chi connectivity index (χ0v) is 14.8. The van der Waals surface area contributed by atoms with Crippen molar-refractivity contribution in [2.24, 2.45) is 0 Å². The Bertz CT molecular complexity index is 241. The van der Waals surface area contributed by atoms with Gasteiger partial charge >= 0.3 is 0 Å². The normalized spacial score (nSPS) is 20.4. The van der Waals surface area contributed by atoms with E-state index in [1.165, 1.54) is 0 Å². The van der Waals surface area contributed by atoms with Crippen LogP contribution in [0, 0.1) is 0 Å². The van der Waals surface area contributed by atoms with Crippen molar-refractivity contribution in [3.63, 3.8) is 0 Å². The van der Waals surface area contributed by atoms with Crippen LogP contribution >= 0.6 is 0 Å². The third-order valence-corrected chi connectivity index (χ3v) is 3.46. The van der Waals surface area contributed by atoms with Gasteiger partial charge in [-0.15, -0.1) is 25.6 Å². The molecule has 1 N–H and O–H groups in total. The van der Waals surface area contributed by atoms with Crippen molar-refractivity contribution < 1.29 is 0 Å². The Kier molecular flexibility index (Phi) is 9.39. The SMILES string of the molecule is CCCN1NN(CCC)N(CCC)N(CCC)N1CCC. The summed E-state index contributed by atoms with van der Waals surface area (Å²) in [4.78, 5) is 0. The summed E-state index contributed by atoms with van der Waals surface area (Å²) in [5.41, 5.74) is 3.59. The van der Waals surface area contributed by atoms with E-state index in [1.807, 2.05) is 0 Å². The minimum Gasteiger partial charge on any atom is -0.158 e. The van der Waals surface area contributed by atoms with Gasteiger partial charge in [-0.1, -0.05) is 34.6 Å². The second-order valence-electron chi connectivity index (χ2n) is 5.63. The molecular weight excluding hydrogens is 264 g/mol. The van der Waals surface area contributed by atoms with E-state index in [1.54, 1.807) is 0 Å². The molecule has 0 unspecified atom stereocenters. The van der Waals surface area contributed by atoms with Crippen LogP contribution in [0.1, 0.15) is 66.7 Å². The quantitative estimate of drug-likeness (QED) is 0.667. The lowest BCUT2D eigenvalue weighted by atomic mass is 10.4. The number of hydrogen-bond acceptors (Lipinski definition) is 6. The van der Waals surface area contributed by atoms with Gasteiger partial charge in [0.1, 0.15) is 0 Å². The largest absolute Gasteiger partial charge is 0.158 e. The maximum Gasteiger partial charge on any atom is 0.0319 e. The summed E-state index contributed by atoms with van der Waals surface area (Å²) in [5.74, 6) is 0. The smallest absolute Gasteiger partial charge is 0.0319 e. The van der Waals surface area contributed by atoms with Gasteiger partial charge < -0.3 is 0 Å². The molecule has 0 radical (unpaired) electrons. The molecule has 1 aliphatic rings. The minimum atomic E-state index is 1.03. The van der Waals surface area contributed by atoms with Gasteiger partial charge in [0.05, 0.1) is 0 Å². The highest BCUT2D eigenvalue weighted by Gasteiger charge is 2.35. The van der Waals surface area contributed by atoms with E-state index in [4.69, 9.17) is 0 Å². The predicted molar refractivity (Wildman–Crippen MR) is 88.1 cm³/mol. The molecule has 6 heteroatoms. The molecule has 0 aromatic rings. The lowest BCUT2D eigenvalue weighted by molar-refractivity contribution is -0.432. The fourth-order valence-corrected chi connectivity index (χ4v) is 2.66. The van der Waals surface area contributed by atoms with Crippen LogP contribution in [0.25, 0.3) is 0 Å². The molecule has 0 saturated carbocycles. The van der Waals surface area contributed by atoms with Gasteiger partial charge in [-0.05, 0) is 32.1 Å². The summed E-state index contributed by atoms with van der Waals surface area (Å²) in [5, 5.41) is 11.8. The van der Waals surface area contributed by atoms with E-state index in [0.717, 1.165) is 64.8 Å². The maximum atomic E-state index is 3.59. The van der Waals surface area contributed by atoms with Crippen LogP contribution in [0.4, 0.5) is 0 Å². The summed E-state index contributed by atoms with van der Waals surface area (Å²) >= 11 is 0. The van der Waals surface area contributed by atoms with Crippen molar-refractivity contribution in [1.29, 1.82) is 0 Å². The molecule has 0 bridgehead atoms. The fourth-order valence-electron chi connectivity index (χ4n) is 2.66. The Labute approximate surface area is 131 Å². The molecule has 0 aromatic heterocycles. The van der Waals surface area contributed by atoms with E-state index in [-0.39, 0.29) is 0 Å². The van der Waals surface area contributed by atoms with Crippen LogP contribution in [0.3, 0.4) is 0 Å². The van der Waals surface area contributed by atoms with Crippen LogP contribution in [0.15, 0.2) is 0 Å². The molecule has 0 spiro atoms. The molecule has 0 atom stereocenters. The molecule has 1 saturated heterocycles. The van der Waals surface area contributed by atoms with Crippen molar-refractivity contribution in [2.75, 3.05) is 32.7 Å². The summed E-state index contributed by atoms with van der Waals surface area (Å²) in [6, 6.07) is 0. The molecule has 126 valence electrons. The number of nitrogens with one attached hydrogen (secondary N) is 1. The Hall–Kier alpha value is -0.240. The first-order valence-electron chi connectivity index (χ1n) is 8.86. The molecule has 1 heterocycles. The van der Waals surface area contributed by atoms with Gasteiger partial charge in [0.2, 0.25) is 0 Å². The zero-order valence-electron chi connectivity index (χ0n) is 14.8. The van der Waals surface area contributed by atoms with Gasteiger partial charge in [0.25, 0.3) is 0 Å². The number of hydrazine groups is 6. The Morgan fingerprint density at radius 3 is 1.14 bits per heavy atom. The zero-order chi connectivity index (χ0) is 15.7. The Morgan fingerprint density at radius 1 is 0.476 bits per heavy atom. The van der Waals surface area contributed by atoms with Crippen molar-refractivity contribution in [3.05, 3.63) is 0 Å². The Morgan fingerprint density at radius 2 is 0.810 bits per heavy atom. The average molecular weight is 300 g/mol. The standard InChI is InChI=1S/C15H36N6/c1-6-11-17-16-18(12-7-2)20(14-9-4)21(15-10-5)19(17)13-8-3/h16H,6-15H2,1-5H3. The second-order valence-corrected chi connectivity index (χ2v) is 5.63. The van der Waals surface area contributed by atoms with E-state index in [9.17, 15) is 0 Å². The monoisotopic (exact) mass is 300 g/mol. The molecule has 1 rings (SSSR count). The summed E-state index contributed by atoms with van der Waals surface area (Å²) < 4.78 is 0. The Balaban J connectivity index is 2.95. The first-order valence-corrected chi connectivity index (χ1v) is 8.86. The second kappa shape index (κ2) is 10.5. The molecule has 1 aliphatic heterocycles. The number of rotatable bonds is 10. The average Bonchev–Trinajstić information content (AvgIpc) is 2.47. The highest BCUT2D eigenvalue weighted by atomic mass is 16.2. The van der Waals surface area contributed by atoms with Crippen LogP contribution in [-0.2, 0) is 0 Å². The fraction of sp³-hybridized carbons (Fsp3) is 1.00. The molecule has 6 nitrogen and oxygen atoms in total. The van der Waals surface area contributed by atoms with Crippen molar-refractivity contribution in [3.8, 4) is 0 Å². The molecule has 0 aromatic carbocycles. The molecule has 21 heavy (non-hydrogen) atoms. The highest BCUT2D eigenvalue weighted by Crippen LogP contribution is 2.17. The topological polar surface area (TPSA) is 28.2 Å². The lowest BCUT2D eigenvalue weighted by Crippen LogP contribution is -2.77. The summed E-state index contributed by atoms with van der Waals surface area (Å²) in [6.45, 7) is 16.4. The lowest BCUT2D eigenvalue weighted by Gasteiger charge is -2.56. The maximum absolute atomic E-state index is 3.59. The minimum absolute atomic E-state index is 1.03. The van der Waals surface area contributed by atoms with Gasteiger partial charge in [0, 0.05) is 32.7 Å². The predicted octanol–water partition coefficient (Wildman–Crippen LogP) is 2.64. The number of nitrogens with zero attached hydrogens (tertiary/aromatic N) is 5. The van der Waals surface area contributed by atoms with E-state index < -0.39 is 0 Å². The van der Waals surface area contributed by atoms with Crippen LogP contribution in [0.5, 0.6) is 0 Å². The van der Waals surface area contributed by atoms with Crippen LogP contribution < -0.4 is 5.53 Å². The van der Waals surface area contributed by atoms with Gasteiger partial charge in [-0.3, -0.25) is 0 Å². The van der Waals surface area contributed by atoms with E-state index in [0.29, 0.717) is 0 Å². The molecule has 0 aliphatic carbocycles. The number of hydrogen-bond donors (Lipinski definition) is 1. The van der Waals surface area contributed by atoms with Crippen LogP contribution in [0.2, 0.25) is 0 Å². The molecule has 0 amide bonds. The van der Waals surface area contributed by atoms with Crippen molar-refractivity contribution >= 4 is 0 Å². The van der Waals surface area contributed by atoms with Gasteiger partial charge in [-0.2, -0.15) is 5.53 Å².